The summed E-state index contributed by atoms with van der Waals surface area (Å²) in [6.45, 7) is 3.16. The second kappa shape index (κ2) is 6.33. The topological polar surface area (TPSA) is 83.7 Å². The molecule has 0 aliphatic carbocycles. The van der Waals surface area contributed by atoms with E-state index in [0.717, 1.165) is 4.47 Å². The summed E-state index contributed by atoms with van der Waals surface area (Å²) in [5, 5.41) is 0. The Morgan fingerprint density at radius 3 is 2.57 bits per heavy atom. The van der Waals surface area contributed by atoms with Gasteiger partial charge in [-0.3, -0.25) is 4.79 Å². The second-order valence-electron chi connectivity index (χ2n) is 4.95. The van der Waals surface area contributed by atoms with Crippen LogP contribution in [0.3, 0.4) is 0 Å². The summed E-state index contributed by atoms with van der Waals surface area (Å²) in [6.07, 6.45) is 0.620. The fourth-order valence-corrected chi connectivity index (χ4v) is 4.29. The van der Waals surface area contributed by atoms with Crippen molar-refractivity contribution in [3.63, 3.8) is 0 Å². The van der Waals surface area contributed by atoms with Crippen molar-refractivity contribution in [1.29, 1.82) is 0 Å². The number of sulfonamides is 1. The zero-order chi connectivity index (χ0) is 15.6. The van der Waals surface area contributed by atoms with Crippen molar-refractivity contribution >= 4 is 37.5 Å². The Morgan fingerprint density at radius 2 is 1.95 bits per heavy atom. The fraction of sp³-hybridized carbons (Fsp3) is 0.462. The maximum absolute atomic E-state index is 12.7. The molecule has 0 bridgehead atoms. The van der Waals surface area contributed by atoms with Gasteiger partial charge in [-0.1, -0.05) is 15.9 Å². The van der Waals surface area contributed by atoms with Crippen LogP contribution >= 0.6 is 15.9 Å². The average Bonchev–Trinajstić information content (AvgIpc) is 2.64. The van der Waals surface area contributed by atoms with Crippen LogP contribution < -0.4 is 5.73 Å². The first-order chi connectivity index (χ1) is 9.82. The maximum atomic E-state index is 12.7. The van der Waals surface area contributed by atoms with Gasteiger partial charge in [0.2, 0.25) is 15.9 Å². The maximum Gasteiger partial charge on any atom is 0.245 e. The highest BCUT2D eigenvalue weighted by molar-refractivity contribution is 9.10. The van der Waals surface area contributed by atoms with E-state index in [2.05, 4.69) is 15.9 Å². The molecule has 0 spiro atoms. The van der Waals surface area contributed by atoms with Crippen molar-refractivity contribution in [1.82, 2.24) is 9.21 Å². The van der Waals surface area contributed by atoms with Crippen molar-refractivity contribution in [2.24, 2.45) is 0 Å². The first-order valence-electron chi connectivity index (χ1n) is 6.63. The SMILES string of the molecule is CC(=O)N1CCCN(S(=O)(=O)c2ccc(Br)cc2N)CC1. The molecule has 2 rings (SSSR count). The van der Waals surface area contributed by atoms with Crippen LogP contribution in [0.2, 0.25) is 0 Å². The molecule has 1 saturated heterocycles. The molecule has 2 N–H and O–H groups in total. The van der Waals surface area contributed by atoms with E-state index < -0.39 is 10.0 Å². The molecule has 0 unspecified atom stereocenters. The van der Waals surface area contributed by atoms with Gasteiger partial charge < -0.3 is 10.6 Å². The van der Waals surface area contributed by atoms with Crippen LogP contribution in [0.1, 0.15) is 13.3 Å². The van der Waals surface area contributed by atoms with Crippen LogP contribution in [0.4, 0.5) is 5.69 Å². The molecule has 1 aliphatic rings. The van der Waals surface area contributed by atoms with Crippen molar-refractivity contribution < 1.29 is 13.2 Å². The van der Waals surface area contributed by atoms with E-state index in [1.807, 2.05) is 0 Å². The Balaban J connectivity index is 2.25. The third-order valence-corrected chi connectivity index (χ3v) is 5.96. The zero-order valence-corrected chi connectivity index (χ0v) is 14.2. The lowest BCUT2D eigenvalue weighted by Gasteiger charge is -2.21. The molecule has 0 radical (unpaired) electrons. The molecule has 116 valence electrons. The summed E-state index contributed by atoms with van der Waals surface area (Å²) in [5.74, 6) is -0.0302. The number of hydrogen-bond donors (Lipinski definition) is 1. The highest BCUT2D eigenvalue weighted by atomic mass is 79.9. The van der Waals surface area contributed by atoms with E-state index in [9.17, 15) is 13.2 Å². The van der Waals surface area contributed by atoms with Gasteiger partial charge in [0.15, 0.2) is 0 Å². The number of nitrogen functional groups attached to an aromatic ring is 1. The van der Waals surface area contributed by atoms with Gasteiger partial charge in [-0.05, 0) is 24.6 Å². The van der Waals surface area contributed by atoms with Gasteiger partial charge in [0.05, 0.1) is 5.69 Å². The average molecular weight is 376 g/mol. The summed E-state index contributed by atoms with van der Waals surface area (Å²) in [6, 6.07) is 4.73. The third kappa shape index (κ3) is 3.56. The number of carbonyl (C=O) groups excluding carboxylic acids is 1. The summed E-state index contributed by atoms with van der Waals surface area (Å²) in [5.41, 5.74) is 6.05. The molecule has 6 nitrogen and oxygen atoms in total. The van der Waals surface area contributed by atoms with Crippen LogP contribution in [0.15, 0.2) is 27.6 Å². The van der Waals surface area contributed by atoms with Crippen LogP contribution in [-0.4, -0.2) is 49.7 Å². The lowest BCUT2D eigenvalue weighted by atomic mass is 10.3. The van der Waals surface area contributed by atoms with E-state index in [-0.39, 0.29) is 23.0 Å². The Bertz CT molecular complexity index is 648. The molecular formula is C13H18BrN3O3S. The molecule has 1 fully saturated rings. The number of carbonyl (C=O) groups is 1. The zero-order valence-electron chi connectivity index (χ0n) is 11.8. The molecule has 8 heteroatoms. The minimum absolute atomic E-state index is 0.0302. The van der Waals surface area contributed by atoms with Gasteiger partial charge in [-0.25, -0.2) is 8.42 Å². The van der Waals surface area contributed by atoms with Crippen LogP contribution in [-0.2, 0) is 14.8 Å². The molecule has 21 heavy (non-hydrogen) atoms. The predicted octanol–water partition coefficient (Wildman–Crippen LogP) is 1.27. The molecule has 1 aliphatic heterocycles. The smallest absolute Gasteiger partial charge is 0.245 e. The number of anilines is 1. The van der Waals surface area contributed by atoms with Crippen LogP contribution in [0.25, 0.3) is 0 Å². The largest absolute Gasteiger partial charge is 0.398 e. The molecule has 1 heterocycles. The third-order valence-electron chi connectivity index (χ3n) is 3.49. The van der Waals surface area contributed by atoms with E-state index >= 15 is 0 Å². The Kier molecular flexibility index (Phi) is 4.90. The van der Waals surface area contributed by atoms with Crippen molar-refractivity contribution in [3.8, 4) is 0 Å². The molecule has 1 aromatic rings. The van der Waals surface area contributed by atoms with Crippen molar-refractivity contribution in [3.05, 3.63) is 22.7 Å². The molecule has 1 amide bonds. The van der Waals surface area contributed by atoms with Crippen molar-refractivity contribution in [2.45, 2.75) is 18.2 Å². The summed E-state index contributed by atoms with van der Waals surface area (Å²) < 4.78 is 27.5. The Hall–Kier alpha value is -1.12. The number of benzene rings is 1. The van der Waals surface area contributed by atoms with Crippen LogP contribution in [0, 0.1) is 0 Å². The number of rotatable bonds is 2. The van der Waals surface area contributed by atoms with Gasteiger partial charge in [-0.2, -0.15) is 4.31 Å². The van der Waals surface area contributed by atoms with Gasteiger partial charge in [-0.15, -0.1) is 0 Å². The minimum atomic E-state index is -3.63. The molecule has 0 atom stereocenters. The Morgan fingerprint density at radius 1 is 1.24 bits per heavy atom. The number of amides is 1. The lowest BCUT2D eigenvalue weighted by Crippen LogP contribution is -2.36. The first-order valence-corrected chi connectivity index (χ1v) is 8.86. The minimum Gasteiger partial charge on any atom is -0.398 e. The molecule has 0 saturated carbocycles. The normalized spacial score (nSPS) is 17.5. The van der Waals surface area contributed by atoms with Gasteiger partial charge >= 0.3 is 0 Å². The van der Waals surface area contributed by atoms with Crippen LogP contribution in [0.5, 0.6) is 0 Å². The predicted molar refractivity (Wildman–Crippen MR) is 84.2 cm³/mol. The highest BCUT2D eigenvalue weighted by Gasteiger charge is 2.28. The fourth-order valence-electron chi connectivity index (χ4n) is 2.34. The van der Waals surface area contributed by atoms with Gasteiger partial charge in [0, 0.05) is 37.6 Å². The standard InChI is InChI=1S/C13H18BrN3O3S/c1-10(18)16-5-2-6-17(8-7-16)21(19,20)13-4-3-11(14)9-12(13)15/h3-4,9H,2,5-8,15H2,1H3. The monoisotopic (exact) mass is 375 g/mol. The Labute approximate surface area is 133 Å². The number of halogens is 1. The quantitative estimate of drug-likeness (QED) is 0.788. The molecule has 0 aromatic heterocycles. The molecular weight excluding hydrogens is 358 g/mol. The van der Waals surface area contributed by atoms with E-state index in [1.54, 1.807) is 17.0 Å². The second-order valence-corrected chi connectivity index (χ2v) is 7.77. The van der Waals surface area contributed by atoms with Gasteiger partial charge in [0.1, 0.15) is 4.90 Å². The highest BCUT2D eigenvalue weighted by Crippen LogP contribution is 2.26. The van der Waals surface area contributed by atoms with Crippen molar-refractivity contribution in [2.75, 3.05) is 31.9 Å². The number of nitrogens with two attached hydrogens (primary N) is 1. The van der Waals surface area contributed by atoms with E-state index in [1.165, 1.54) is 17.3 Å². The lowest BCUT2D eigenvalue weighted by molar-refractivity contribution is -0.128. The number of nitrogens with zero attached hydrogens (tertiary/aromatic N) is 2. The summed E-state index contributed by atoms with van der Waals surface area (Å²) in [7, 11) is -3.63. The summed E-state index contributed by atoms with van der Waals surface area (Å²) >= 11 is 3.26. The summed E-state index contributed by atoms with van der Waals surface area (Å²) in [4.78, 5) is 13.2. The number of hydrogen-bond acceptors (Lipinski definition) is 4. The van der Waals surface area contributed by atoms with E-state index in [0.29, 0.717) is 26.1 Å². The van der Waals surface area contributed by atoms with E-state index in [4.69, 9.17) is 5.73 Å². The van der Waals surface area contributed by atoms with Gasteiger partial charge in [0.25, 0.3) is 0 Å². The first kappa shape index (κ1) is 16.3. The molecule has 1 aromatic carbocycles.